The molecule has 2 aliphatic rings. The molecule has 2 fully saturated rings. The van der Waals surface area contributed by atoms with Gasteiger partial charge in [0.05, 0.1) is 5.54 Å². The Bertz CT molecular complexity index is 460. The zero-order valence-corrected chi connectivity index (χ0v) is 12.8. The maximum absolute atomic E-state index is 6.55. The molecule has 6 heteroatoms. The molecule has 0 amide bonds. The molecule has 1 aliphatic heterocycles. The topological polar surface area (TPSA) is 83.4 Å². The molecular weight excluding hydrogens is 270 g/mol. The van der Waals surface area contributed by atoms with Crippen LogP contribution in [-0.2, 0) is 20.6 Å². The summed E-state index contributed by atoms with van der Waals surface area (Å²) in [6.45, 7) is 1.32. The van der Waals surface area contributed by atoms with Gasteiger partial charge in [-0.15, -0.1) is 0 Å². The highest BCUT2D eigenvalue weighted by Crippen LogP contribution is 2.37. The molecular formula is C15H25N3O3. The number of rotatable bonds is 3. The molecule has 2 N–H and O–H groups in total. The van der Waals surface area contributed by atoms with Crippen molar-refractivity contribution in [3.8, 4) is 0 Å². The van der Waals surface area contributed by atoms with Crippen LogP contribution in [-0.4, -0.2) is 30.5 Å². The van der Waals surface area contributed by atoms with Crippen LogP contribution in [0.1, 0.15) is 63.1 Å². The van der Waals surface area contributed by atoms with Gasteiger partial charge < -0.3 is 19.7 Å². The first-order valence-corrected chi connectivity index (χ1v) is 7.95. The lowest BCUT2D eigenvalue weighted by Gasteiger charge is -2.32. The minimum Gasteiger partial charge on any atom is -0.381 e. The zero-order chi connectivity index (χ0) is 14.8. The second kappa shape index (κ2) is 6.02. The third-order valence-electron chi connectivity index (χ3n) is 4.95. The van der Waals surface area contributed by atoms with Crippen molar-refractivity contribution in [2.24, 2.45) is 5.73 Å². The lowest BCUT2D eigenvalue weighted by molar-refractivity contribution is -0.101. The lowest BCUT2D eigenvalue weighted by Crippen LogP contribution is -2.38. The smallest absolute Gasteiger partial charge is 0.246 e. The molecule has 1 aromatic rings. The summed E-state index contributed by atoms with van der Waals surface area (Å²) in [4.78, 5) is 4.63. The molecule has 0 atom stereocenters. The normalized spacial score (nSPS) is 25.4. The molecule has 0 bridgehead atoms. The number of hydrogen-bond acceptors (Lipinski definition) is 6. The fourth-order valence-corrected chi connectivity index (χ4v) is 3.40. The molecule has 0 spiro atoms. The highest BCUT2D eigenvalue weighted by atomic mass is 16.5. The summed E-state index contributed by atoms with van der Waals surface area (Å²) in [5, 5.41) is 4.19. The predicted molar refractivity (Wildman–Crippen MR) is 76.6 cm³/mol. The van der Waals surface area contributed by atoms with E-state index < -0.39 is 11.1 Å². The Labute approximate surface area is 125 Å². The van der Waals surface area contributed by atoms with Crippen LogP contribution in [0.2, 0.25) is 0 Å². The first-order chi connectivity index (χ1) is 10.2. The number of ether oxygens (including phenoxy) is 2. The van der Waals surface area contributed by atoms with E-state index in [1.54, 1.807) is 7.11 Å². The summed E-state index contributed by atoms with van der Waals surface area (Å²) in [5.41, 5.74) is 5.59. The van der Waals surface area contributed by atoms with Crippen molar-refractivity contribution in [3.63, 3.8) is 0 Å². The number of methoxy groups -OCH3 is 1. The molecule has 0 unspecified atom stereocenters. The number of hydrogen-bond donors (Lipinski definition) is 1. The molecule has 6 nitrogen and oxygen atoms in total. The van der Waals surface area contributed by atoms with Gasteiger partial charge in [-0.25, -0.2) is 0 Å². The van der Waals surface area contributed by atoms with Crippen LogP contribution < -0.4 is 5.73 Å². The standard InChI is InChI=1S/C15H25N3O3/c1-19-15(8-10-20-11-9-15)12-17-13(21-18-12)14(16)6-4-2-3-5-7-14/h2-11,16H2,1H3. The summed E-state index contributed by atoms with van der Waals surface area (Å²) in [7, 11) is 1.70. The molecule has 21 heavy (non-hydrogen) atoms. The quantitative estimate of drug-likeness (QED) is 0.861. The van der Waals surface area contributed by atoms with Crippen LogP contribution in [0.15, 0.2) is 4.52 Å². The van der Waals surface area contributed by atoms with Crippen LogP contribution >= 0.6 is 0 Å². The van der Waals surface area contributed by atoms with Crippen molar-refractivity contribution < 1.29 is 14.0 Å². The Kier molecular flexibility index (Phi) is 4.28. The van der Waals surface area contributed by atoms with E-state index in [9.17, 15) is 0 Å². The van der Waals surface area contributed by atoms with Gasteiger partial charge in [0.15, 0.2) is 0 Å². The van der Waals surface area contributed by atoms with Gasteiger partial charge in [0.1, 0.15) is 5.60 Å². The zero-order valence-electron chi connectivity index (χ0n) is 12.8. The molecule has 0 radical (unpaired) electrons. The Hall–Kier alpha value is -0.980. The fraction of sp³-hybridized carbons (Fsp3) is 0.867. The predicted octanol–water partition coefficient (Wildman–Crippen LogP) is 2.23. The van der Waals surface area contributed by atoms with Gasteiger partial charge in [0.2, 0.25) is 11.7 Å². The molecule has 1 aliphatic carbocycles. The maximum Gasteiger partial charge on any atom is 0.246 e. The van der Waals surface area contributed by atoms with Crippen LogP contribution in [0.4, 0.5) is 0 Å². The summed E-state index contributed by atoms with van der Waals surface area (Å²) in [5.74, 6) is 1.19. The van der Waals surface area contributed by atoms with Gasteiger partial charge in [-0.3, -0.25) is 0 Å². The van der Waals surface area contributed by atoms with Gasteiger partial charge in [-0.2, -0.15) is 4.98 Å². The average Bonchev–Trinajstić information content (AvgIpc) is 2.93. The van der Waals surface area contributed by atoms with Crippen molar-refractivity contribution in [1.29, 1.82) is 0 Å². The second-order valence-electron chi connectivity index (χ2n) is 6.30. The molecule has 118 valence electrons. The lowest BCUT2D eigenvalue weighted by atomic mass is 9.90. The minimum absolute atomic E-state index is 0.470. The Morgan fingerprint density at radius 1 is 1.05 bits per heavy atom. The molecule has 1 aromatic heterocycles. The van der Waals surface area contributed by atoms with Gasteiger partial charge in [-0.05, 0) is 12.8 Å². The third kappa shape index (κ3) is 2.84. The van der Waals surface area contributed by atoms with Crippen molar-refractivity contribution in [3.05, 3.63) is 11.7 Å². The van der Waals surface area contributed by atoms with Crippen LogP contribution in [0.5, 0.6) is 0 Å². The van der Waals surface area contributed by atoms with E-state index in [4.69, 9.17) is 19.7 Å². The largest absolute Gasteiger partial charge is 0.381 e. The first-order valence-electron chi connectivity index (χ1n) is 7.95. The summed E-state index contributed by atoms with van der Waals surface area (Å²) in [6, 6.07) is 0. The van der Waals surface area contributed by atoms with E-state index in [-0.39, 0.29) is 0 Å². The van der Waals surface area contributed by atoms with E-state index in [1.807, 2.05) is 0 Å². The first kappa shape index (κ1) is 14.9. The van der Waals surface area contributed by atoms with Crippen LogP contribution in [0.3, 0.4) is 0 Å². The Morgan fingerprint density at radius 3 is 2.33 bits per heavy atom. The van der Waals surface area contributed by atoms with E-state index >= 15 is 0 Å². The fourth-order valence-electron chi connectivity index (χ4n) is 3.40. The molecule has 1 saturated heterocycles. The van der Waals surface area contributed by atoms with Gasteiger partial charge >= 0.3 is 0 Å². The van der Waals surface area contributed by atoms with E-state index in [2.05, 4.69) is 10.1 Å². The van der Waals surface area contributed by atoms with Crippen molar-refractivity contribution in [2.45, 2.75) is 62.5 Å². The number of nitrogens with zero attached hydrogens (tertiary/aromatic N) is 2. The van der Waals surface area contributed by atoms with Crippen molar-refractivity contribution >= 4 is 0 Å². The van der Waals surface area contributed by atoms with Gasteiger partial charge in [0.25, 0.3) is 0 Å². The molecule has 2 heterocycles. The minimum atomic E-state index is -0.485. The molecule has 3 rings (SSSR count). The maximum atomic E-state index is 6.55. The van der Waals surface area contributed by atoms with Gasteiger partial charge in [0, 0.05) is 33.2 Å². The third-order valence-corrected chi connectivity index (χ3v) is 4.95. The molecule has 0 aromatic carbocycles. The van der Waals surface area contributed by atoms with E-state index in [0.29, 0.717) is 24.9 Å². The highest BCUT2D eigenvalue weighted by molar-refractivity contribution is 5.08. The number of aromatic nitrogens is 2. The van der Waals surface area contributed by atoms with E-state index in [0.717, 1.165) is 38.5 Å². The van der Waals surface area contributed by atoms with Gasteiger partial charge in [-0.1, -0.05) is 30.8 Å². The van der Waals surface area contributed by atoms with E-state index in [1.165, 1.54) is 12.8 Å². The highest BCUT2D eigenvalue weighted by Gasteiger charge is 2.42. The monoisotopic (exact) mass is 295 g/mol. The Balaban J connectivity index is 1.84. The SMILES string of the molecule is COC1(c2noc(C3(N)CCCCCC3)n2)CCOCC1. The summed E-state index contributed by atoms with van der Waals surface area (Å²) < 4.78 is 16.7. The van der Waals surface area contributed by atoms with Crippen LogP contribution in [0.25, 0.3) is 0 Å². The molecule has 1 saturated carbocycles. The van der Waals surface area contributed by atoms with Crippen LogP contribution in [0, 0.1) is 0 Å². The summed E-state index contributed by atoms with van der Waals surface area (Å²) >= 11 is 0. The van der Waals surface area contributed by atoms with Crippen molar-refractivity contribution in [1.82, 2.24) is 10.1 Å². The second-order valence-corrected chi connectivity index (χ2v) is 6.30. The van der Waals surface area contributed by atoms with Crippen molar-refractivity contribution in [2.75, 3.05) is 20.3 Å². The average molecular weight is 295 g/mol. The Morgan fingerprint density at radius 2 is 1.71 bits per heavy atom. The number of nitrogens with two attached hydrogens (primary N) is 1. The summed E-state index contributed by atoms with van der Waals surface area (Å²) in [6.07, 6.45) is 8.04.